The van der Waals surface area contributed by atoms with Gasteiger partial charge in [-0.2, -0.15) is 0 Å². The van der Waals surface area contributed by atoms with Crippen molar-refractivity contribution in [1.82, 2.24) is 9.97 Å². The molecule has 2 heterocycles. The van der Waals surface area contributed by atoms with Crippen molar-refractivity contribution >= 4 is 11.6 Å². The van der Waals surface area contributed by atoms with Gasteiger partial charge in [-0.3, -0.25) is 4.79 Å². The van der Waals surface area contributed by atoms with Crippen LogP contribution in [0.2, 0.25) is 0 Å². The number of nitrogens with zero attached hydrogens (tertiary/aromatic N) is 3. The number of anilines is 1. The Labute approximate surface area is 151 Å². The minimum absolute atomic E-state index is 0.289. The molecule has 0 spiro atoms. The molecule has 1 aliphatic rings. The number of piperidine rings is 1. The first-order valence-electron chi connectivity index (χ1n) is 8.66. The fraction of sp³-hybridized carbons (Fsp3) is 0.190. The maximum absolute atomic E-state index is 13.3. The van der Waals surface area contributed by atoms with Crippen LogP contribution in [0, 0.1) is 5.82 Å². The van der Waals surface area contributed by atoms with Gasteiger partial charge in [-0.15, -0.1) is 0 Å². The lowest BCUT2D eigenvalue weighted by atomic mass is 10.1. The SMILES string of the molecule is O=C1CCN(c2cc(-c3ccccc3)nc(-c3ccc(F)cc3)n2)CC1. The molecule has 1 fully saturated rings. The lowest BCUT2D eigenvalue weighted by Gasteiger charge is -2.27. The fourth-order valence-electron chi connectivity index (χ4n) is 3.07. The highest BCUT2D eigenvalue weighted by Gasteiger charge is 2.19. The van der Waals surface area contributed by atoms with Gasteiger partial charge in [-0.25, -0.2) is 14.4 Å². The van der Waals surface area contributed by atoms with Crippen LogP contribution < -0.4 is 4.90 Å². The Morgan fingerprint density at radius 2 is 1.54 bits per heavy atom. The third-order valence-corrected chi connectivity index (χ3v) is 4.53. The van der Waals surface area contributed by atoms with Crippen molar-refractivity contribution in [3.8, 4) is 22.6 Å². The quantitative estimate of drug-likeness (QED) is 0.715. The Balaban J connectivity index is 1.79. The van der Waals surface area contributed by atoms with Crippen LogP contribution in [-0.2, 0) is 4.79 Å². The number of carbonyl (C=O) groups is 1. The molecule has 0 atom stereocenters. The summed E-state index contributed by atoms with van der Waals surface area (Å²) in [5.41, 5.74) is 2.57. The van der Waals surface area contributed by atoms with E-state index in [0.717, 1.165) is 22.6 Å². The predicted octanol–water partition coefficient (Wildman–Crippen LogP) is 4.12. The van der Waals surface area contributed by atoms with Gasteiger partial charge in [0.15, 0.2) is 5.82 Å². The fourth-order valence-corrected chi connectivity index (χ4v) is 3.07. The molecule has 0 amide bonds. The summed E-state index contributed by atoms with van der Waals surface area (Å²) in [6.07, 6.45) is 1.08. The number of benzene rings is 2. The molecule has 2 aromatic carbocycles. The third kappa shape index (κ3) is 3.47. The van der Waals surface area contributed by atoms with Crippen molar-refractivity contribution in [2.24, 2.45) is 0 Å². The molecule has 0 radical (unpaired) electrons. The van der Waals surface area contributed by atoms with Crippen molar-refractivity contribution in [2.45, 2.75) is 12.8 Å². The van der Waals surface area contributed by atoms with Crippen LogP contribution in [-0.4, -0.2) is 28.8 Å². The van der Waals surface area contributed by atoms with Gasteiger partial charge < -0.3 is 4.90 Å². The van der Waals surface area contributed by atoms with Crippen LogP contribution in [0.25, 0.3) is 22.6 Å². The Bertz CT molecular complexity index is 916. The number of Topliss-reactive ketones (excluding diaryl/α,β-unsaturated/α-hetero) is 1. The first-order chi connectivity index (χ1) is 12.7. The van der Waals surface area contributed by atoms with Crippen molar-refractivity contribution < 1.29 is 9.18 Å². The van der Waals surface area contributed by atoms with Gasteiger partial charge >= 0.3 is 0 Å². The second-order valence-corrected chi connectivity index (χ2v) is 6.33. The molecule has 3 aromatic rings. The molecule has 1 saturated heterocycles. The second-order valence-electron chi connectivity index (χ2n) is 6.33. The second kappa shape index (κ2) is 7.04. The molecule has 0 aliphatic carbocycles. The van der Waals surface area contributed by atoms with Crippen LogP contribution in [0.5, 0.6) is 0 Å². The number of aromatic nitrogens is 2. The van der Waals surface area contributed by atoms with Gasteiger partial charge in [-0.05, 0) is 24.3 Å². The molecule has 0 unspecified atom stereocenters. The highest BCUT2D eigenvalue weighted by molar-refractivity contribution is 5.81. The number of ketones is 1. The van der Waals surface area contributed by atoms with E-state index < -0.39 is 0 Å². The van der Waals surface area contributed by atoms with Crippen LogP contribution in [0.15, 0.2) is 60.7 Å². The van der Waals surface area contributed by atoms with Crippen LogP contribution >= 0.6 is 0 Å². The molecule has 130 valence electrons. The molecule has 0 bridgehead atoms. The minimum Gasteiger partial charge on any atom is -0.356 e. The van der Waals surface area contributed by atoms with E-state index in [0.29, 0.717) is 31.8 Å². The number of carbonyl (C=O) groups excluding carboxylic acids is 1. The molecule has 5 heteroatoms. The maximum Gasteiger partial charge on any atom is 0.162 e. The summed E-state index contributed by atoms with van der Waals surface area (Å²) in [5, 5.41) is 0. The zero-order valence-corrected chi connectivity index (χ0v) is 14.2. The molecule has 4 nitrogen and oxygen atoms in total. The van der Waals surface area contributed by atoms with E-state index in [1.54, 1.807) is 12.1 Å². The van der Waals surface area contributed by atoms with Crippen molar-refractivity contribution in [1.29, 1.82) is 0 Å². The number of hydrogen-bond donors (Lipinski definition) is 0. The molecule has 0 N–H and O–H groups in total. The van der Waals surface area contributed by atoms with Crippen molar-refractivity contribution in [3.05, 3.63) is 66.5 Å². The summed E-state index contributed by atoms with van der Waals surface area (Å²) >= 11 is 0. The van der Waals surface area contributed by atoms with Gasteiger partial charge in [0.2, 0.25) is 0 Å². The van der Waals surface area contributed by atoms with E-state index >= 15 is 0 Å². The summed E-state index contributed by atoms with van der Waals surface area (Å²) in [6.45, 7) is 1.32. The molecule has 1 aliphatic heterocycles. The van der Waals surface area contributed by atoms with E-state index in [-0.39, 0.29) is 11.6 Å². The molecule has 26 heavy (non-hydrogen) atoms. The smallest absolute Gasteiger partial charge is 0.162 e. The monoisotopic (exact) mass is 347 g/mol. The summed E-state index contributed by atoms with van der Waals surface area (Å²) in [6, 6.07) is 18.0. The first-order valence-corrected chi connectivity index (χ1v) is 8.66. The topological polar surface area (TPSA) is 46.1 Å². The highest BCUT2D eigenvalue weighted by atomic mass is 19.1. The molecule has 1 aromatic heterocycles. The average Bonchev–Trinajstić information content (AvgIpc) is 2.69. The molecule has 0 saturated carbocycles. The van der Waals surface area contributed by atoms with Gasteiger partial charge in [0, 0.05) is 43.1 Å². The molecular formula is C21H18FN3O. The summed E-state index contributed by atoms with van der Waals surface area (Å²) in [5.74, 6) is 1.35. The van der Waals surface area contributed by atoms with E-state index in [1.165, 1.54) is 12.1 Å². The number of hydrogen-bond acceptors (Lipinski definition) is 4. The van der Waals surface area contributed by atoms with Gasteiger partial charge in [0.05, 0.1) is 5.69 Å². The summed E-state index contributed by atoms with van der Waals surface area (Å²) < 4.78 is 13.3. The Morgan fingerprint density at radius 3 is 2.23 bits per heavy atom. The Kier molecular flexibility index (Phi) is 4.44. The van der Waals surface area contributed by atoms with Crippen molar-refractivity contribution in [2.75, 3.05) is 18.0 Å². The van der Waals surface area contributed by atoms with Crippen LogP contribution in [0.3, 0.4) is 0 Å². The van der Waals surface area contributed by atoms with E-state index in [2.05, 4.69) is 14.9 Å². The largest absolute Gasteiger partial charge is 0.356 e. The van der Waals surface area contributed by atoms with E-state index in [1.807, 2.05) is 36.4 Å². The predicted molar refractivity (Wildman–Crippen MR) is 99.3 cm³/mol. The Morgan fingerprint density at radius 1 is 0.846 bits per heavy atom. The van der Waals surface area contributed by atoms with Gasteiger partial charge in [0.1, 0.15) is 17.4 Å². The summed E-state index contributed by atoms with van der Waals surface area (Å²) in [7, 11) is 0. The lowest BCUT2D eigenvalue weighted by Crippen LogP contribution is -2.34. The highest BCUT2D eigenvalue weighted by Crippen LogP contribution is 2.27. The van der Waals surface area contributed by atoms with Crippen LogP contribution in [0.1, 0.15) is 12.8 Å². The van der Waals surface area contributed by atoms with Crippen LogP contribution in [0.4, 0.5) is 10.2 Å². The normalized spacial score (nSPS) is 14.5. The maximum atomic E-state index is 13.3. The lowest BCUT2D eigenvalue weighted by molar-refractivity contribution is -0.119. The third-order valence-electron chi connectivity index (χ3n) is 4.53. The minimum atomic E-state index is -0.289. The molecule has 4 rings (SSSR count). The standard InChI is InChI=1S/C21H18FN3O/c22-17-8-6-16(7-9-17)21-23-19(15-4-2-1-3-5-15)14-20(24-21)25-12-10-18(26)11-13-25/h1-9,14H,10-13H2. The van der Waals surface area contributed by atoms with Crippen molar-refractivity contribution in [3.63, 3.8) is 0 Å². The Hall–Kier alpha value is -3.08. The number of halogens is 1. The summed E-state index contributed by atoms with van der Waals surface area (Å²) in [4.78, 5) is 23.0. The zero-order valence-electron chi connectivity index (χ0n) is 14.2. The molecular weight excluding hydrogens is 329 g/mol. The first kappa shape index (κ1) is 16.4. The zero-order chi connectivity index (χ0) is 17.9. The average molecular weight is 347 g/mol. The van der Waals surface area contributed by atoms with E-state index in [9.17, 15) is 9.18 Å². The number of rotatable bonds is 3. The van der Waals surface area contributed by atoms with Gasteiger partial charge in [0.25, 0.3) is 0 Å². The van der Waals surface area contributed by atoms with E-state index in [4.69, 9.17) is 0 Å². The van der Waals surface area contributed by atoms with Gasteiger partial charge in [-0.1, -0.05) is 30.3 Å².